The molecule has 1 heterocycles. The van der Waals surface area contributed by atoms with Gasteiger partial charge in [-0.1, -0.05) is 20.3 Å². The average Bonchev–Trinajstić information content (AvgIpc) is 2.30. The number of nitrogens with one attached hydrogen (secondary N) is 1. The van der Waals surface area contributed by atoms with E-state index >= 15 is 0 Å². The van der Waals surface area contributed by atoms with Crippen molar-refractivity contribution in [2.75, 3.05) is 32.8 Å². The Bertz CT molecular complexity index is 188. The smallest absolute Gasteiger partial charge is 0.0494 e. The largest absolute Gasteiger partial charge is 0.396 e. The van der Waals surface area contributed by atoms with Crippen molar-refractivity contribution in [2.24, 2.45) is 5.41 Å². The molecule has 0 saturated carbocycles. The van der Waals surface area contributed by atoms with Crippen molar-refractivity contribution in [3.8, 4) is 0 Å². The van der Waals surface area contributed by atoms with E-state index in [0.717, 1.165) is 13.1 Å². The van der Waals surface area contributed by atoms with E-state index in [1.165, 1.54) is 32.4 Å². The summed E-state index contributed by atoms with van der Waals surface area (Å²) in [5, 5.41) is 12.6. The number of nitrogens with zero attached hydrogens (tertiary/aromatic N) is 1. The molecule has 1 saturated heterocycles. The Balaban J connectivity index is 2.16. The molecular weight excluding hydrogens is 200 g/mol. The third-order valence-electron chi connectivity index (χ3n) is 3.49. The zero-order valence-corrected chi connectivity index (χ0v) is 11.1. The van der Waals surface area contributed by atoms with Crippen LogP contribution in [-0.2, 0) is 0 Å². The molecule has 3 heteroatoms. The second kappa shape index (κ2) is 6.58. The number of aliphatic hydroxyl groups excluding tert-OH is 1. The highest BCUT2D eigenvalue weighted by Gasteiger charge is 2.19. The lowest BCUT2D eigenvalue weighted by atomic mass is 9.95. The highest BCUT2D eigenvalue weighted by atomic mass is 16.3. The molecule has 0 bridgehead atoms. The quantitative estimate of drug-likeness (QED) is 0.722. The van der Waals surface area contributed by atoms with Crippen molar-refractivity contribution in [2.45, 2.75) is 46.1 Å². The van der Waals surface area contributed by atoms with Crippen LogP contribution >= 0.6 is 0 Å². The lowest BCUT2D eigenvalue weighted by Gasteiger charge is -2.33. The number of aliphatic hydroxyl groups is 1. The van der Waals surface area contributed by atoms with Gasteiger partial charge in [-0.05, 0) is 32.9 Å². The maximum absolute atomic E-state index is 9.16. The minimum Gasteiger partial charge on any atom is -0.396 e. The van der Waals surface area contributed by atoms with Gasteiger partial charge in [0.15, 0.2) is 0 Å². The van der Waals surface area contributed by atoms with Gasteiger partial charge in [0.2, 0.25) is 0 Å². The first-order valence-electron chi connectivity index (χ1n) is 6.61. The van der Waals surface area contributed by atoms with E-state index in [1.54, 1.807) is 0 Å². The molecule has 1 aliphatic rings. The van der Waals surface area contributed by atoms with Crippen LogP contribution in [0.15, 0.2) is 0 Å². The number of rotatable bonds is 6. The van der Waals surface area contributed by atoms with Crippen LogP contribution in [0.5, 0.6) is 0 Å². The zero-order chi connectivity index (χ0) is 12.0. The lowest BCUT2D eigenvalue weighted by molar-refractivity contribution is 0.142. The first-order chi connectivity index (χ1) is 7.55. The normalized spacial score (nSPS) is 21.0. The van der Waals surface area contributed by atoms with Gasteiger partial charge in [0.1, 0.15) is 0 Å². The van der Waals surface area contributed by atoms with Crippen molar-refractivity contribution in [1.82, 2.24) is 10.2 Å². The molecule has 1 rings (SSSR count). The van der Waals surface area contributed by atoms with E-state index in [1.807, 2.05) is 0 Å². The molecule has 0 aliphatic carbocycles. The zero-order valence-electron chi connectivity index (χ0n) is 11.1. The third-order valence-corrected chi connectivity index (χ3v) is 3.49. The van der Waals surface area contributed by atoms with Crippen LogP contribution in [0.25, 0.3) is 0 Å². The van der Waals surface area contributed by atoms with E-state index in [2.05, 4.69) is 31.0 Å². The Kier molecular flexibility index (Phi) is 5.73. The summed E-state index contributed by atoms with van der Waals surface area (Å²) in [6, 6.07) is 0.620. The molecule has 0 aromatic heterocycles. The van der Waals surface area contributed by atoms with Gasteiger partial charge in [-0.2, -0.15) is 0 Å². The molecule has 0 radical (unpaired) electrons. The van der Waals surface area contributed by atoms with Crippen molar-refractivity contribution in [3.05, 3.63) is 0 Å². The van der Waals surface area contributed by atoms with E-state index in [0.29, 0.717) is 6.04 Å². The summed E-state index contributed by atoms with van der Waals surface area (Å²) in [6.07, 6.45) is 4.10. The second-order valence-corrected chi connectivity index (χ2v) is 5.90. The van der Waals surface area contributed by atoms with Crippen LogP contribution in [0.4, 0.5) is 0 Å². The fourth-order valence-corrected chi connectivity index (χ4v) is 2.16. The van der Waals surface area contributed by atoms with Gasteiger partial charge in [0.25, 0.3) is 0 Å². The summed E-state index contributed by atoms with van der Waals surface area (Å²) in [6.45, 7) is 11.2. The monoisotopic (exact) mass is 228 g/mol. The summed E-state index contributed by atoms with van der Waals surface area (Å²) >= 11 is 0. The molecule has 0 aromatic carbocycles. The lowest BCUT2D eigenvalue weighted by Crippen LogP contribution is -2.45. The van der Waals surface area contributed by atoms with Crippen molar-refractivity contribution in [3.63, 3.8) is 0 Å². The van der Waals surface area contributed by atoms with E-state index in [-0.39, 0.29) is 12.0 Å². The molecule has 16 heavy (non-hydrogen) atoms. The first kappa shape index (κ1) is 13.9. The Morgan fingerprint density at radius 1 is 1.25 bits per heavy atom. The highest BCUT2D eigenvalue weighted by molar-refractivity contribution is 4.76. The predicted molar refractivity (Wildman–Crippen MR) is 68.6 cm³/mol. The third kappa shape index (κ3) is 4.81. The molecule has 2 N–H and O–H groups in total. The van der Waals surface area contributed by atoms with Crippen LogP contribution in [0.3, 0.4) is 0 Å². The summed E-state index contributed by atoms with van der Waals surface area (Å²) in [5.41, 5.74) is 0.00161. The number of hydrogen-bond donors (Lipinski definition) is 2. The van der Waals surface area contributed by atoms with Gasteiger partial charge < -0.3 is 10.4 Å². The van der Waals surface area contributed by atoms with Crippen LogP contribution in [0.1, 0.15) is 40.0 Å². The minimum atomic E-state index is 0.00161. The molecular formula is C13H28N2O. The fraction of sp³-hybridized carbons (Fsp3) is 1.00. The number of piperidine rings is 1. The van der Waals surface area contributed by atoms with Crippen molar-refractivity contribution >= 4 is 0 Å². The first-order valence-corrected chi connectivity index (χ1v) is 6.61. The van der Waals surface area contributed by atoms with Crippen LogP contribution in [0.2, 0.25) is 0 Å². The van der Waals surface area contributed by atoms with Gasteiger partial charge in [0, 0.05) is 31.2 Å². The summed E-state index contributed by atoms with van der Waals surface area (Å²) in [5.74, 6) is 0. The molecule has 96 valence electrons. The molecule has 3 nitrogen and oxygen atoms in total. The fourth-order valence-electron chi connectivity index (χ4n) is 2.16. The Hall–Kier alpha value is -0.120. The van der Waals surface area contributed by atoms with Crippen molar-refractivity contribution in [1.29, 1.82) is 0 Å². The summed E-state index contributed by atoms with van der Waals surface area (Å²) in [4.78, 5) is 2.57. The van der Waals surface area contributed by atoms with Crippen LogP contribution in [-0.4, -0.2) is 48.8 Å². The molecule has 1 aliphatic heterocycles. The van der Waals surface area contributed by atoms with Crippen LogP contribution < -0.4 is 5.32 Å². The molecule has 1 atom stereocenters. The molecule has 0 spiro atoms. The molecule has 0 aromatic rings. The molecule has 1 fully saturated rings. The van der Waals surface area contributed by atoms with Gasteiger partial charge in [-0.3, -0.25) is 4.90 Å². The summed E-state index contributed by atoms with van der Waals surface area (Å²) < 4.78 is 0. The van der Waals surface area contributed by atoms with Gasteiger partial charge in [-0.25, -0.2) is 0 Å². The topological polar surface area (TPSA) is 35.5 Å². The number of hydrogen-bond acceptors (Lipinski definition) is 3. The van der Waals surface area contributed by atoms with Gasteiger partial charge in [0.05, 0.1) is 0 Å². The van der Waals surface area contributed by atoms with Crippen LogP contribution in [0, 0.1) is 5.41 Å². The molecule has 0 amide bonds. The molecule has 1 unspecified atom stereocenters. The van der Waals surface area contributed by atoms with Gasteiger partial charge in [-0.15, -0.1) is 0 Å². The van der Waals surface area contributed by atoms with Crippen molar-refractivity contribution < 1.29 is 5.11 Å². The Morgan fingerprint density at radius 3 is 2.44 bits per heavy atom. The second-order valence-electron chi connectivity index (χ2n) is 5.90. The Labute approximate surface area is 100 Å². The Morgan fingerprint density at radius 2 is 1.88 bits per heavy atom. The minimum absolute atomic E-state index is 0.00161. The average molecular weight is 228 g/mol. The maximum Gasteiger partial charge on any atom is 0.0494 e. The highest BCUT2D eigenvalue weighted by Crippen LogP contribution is 2.13. The standard InChI is InChI=1S/C13H28N2O/c1-12(15-7-5-4-6-8-15)9-14-10-13(2,3)11-16/h12,14,16H,4-11H2,1-3H3. The van der Waals surface area contributed by atoms with Gasteiger partial charge >= 0.3 is 0 Å². The maximum atomic E-state index is 9.16. The van der Waals surface area contributed by atoms with E-state index in [4.69, 9.17) is 5.11 Å². The predicted octanol–water partition coefficient (Wildman–Crippen LogP) is 1.47. The van der Waals surface area contributed by atoms with E-state index in [9.17, 15) is 0 Å². The summed E-state index contributed by atoms with van der Waals surface area (Å²) in [7, 11) is 0. The SMILES string of the molecule is CC(CNCC(C)(C)CO)N1CCCCC1. The van der Waals surface area contributed by atoms with E-state index < -0.39 is 0 Å². The number of likely N-dealkylation sites (tertiary alicyclic amines) is 1.